The van der Waals surface area contributed by atoms with Crippen LogP contribution in [-0.2, 0) is 5.75 Å². The summed E-state index contributed by atoms with van der Waals surface area (Å²) in [6, 6.07) is 6.63. The predicted molar refractivity (Wildman–Crippen MR) is 60.9 cm³/mol. The van der Waals surface area contributed by atoms with Crippen molar-refractivity contribution in [1.82, 2.24) is 0 Å². The maximum atomic E-state index is 5.18. The molecule has 0 nitrogen and oxygen atoms in total. The minimum absolute atomic E-state index is 0.799. The summed E-state index contributed by atoms with van der Waals surface area (Å²) in [4.78, 5) is 0. The normalized spacial score (nSPS) is 9.62. The molecule has 0 N–H and O–H groups in total. The summed E-state index contributed by atoms with van der Waals surface area (Å²) in [5.41, 5.74) is 4.03. The third-order valence-corrected chi connectivity index (χ3v) is 2.64. The van der Waals surface area contributed by atoms with E-state index >= 15 is 0 Å². The average Bonchev–Trinajstić information content (AvgIpc) is 2.03. The van der Waals surface area contributed by atoms with E-state index in [0.29, 0.717) is 0 Å². The Kier molecular flexibility index (Phi) is 3.92. The largest absolute Gasteiger partial charge is 0.144 e. The highest BCUT2D eigenvalue weighted by Crippen LogP contribution is 2.15. The molecule has 0 saturated carbocycles. The van der Waals surface area contributed by atoms with E-state index in [0.717, 1.165) is 11.5 Å². The summed E-state index contributed by atoms with van der Waals surface area (Å²) in [6.45, 7) is 4.25. The average molecular weight is 190 g/mol. The molecular formula is C12H14S. The van der Waals surface area contributed by atoms with Gasteiger partial charge in [0.1, 0.15) is 0 Å². The first-order valence-corrected chi connectivity index (χ1v) is 5.46. The fraction of sp³-hybridized carbons (Fsp3) is 0.333. The van der Waals surface area contributed by atoms with Gasteiger partial charge in [0.05, 0.1) is 5.75 Å². The highest BCUT2D eigenvalue weighted by Gasteiger charge is 1.95. The van der Waals surface area contributed by atoms with Crippen LogP contribution in [0.1, 0.15) is 16.7 Å². The second-order valence-electron chi connectivity index (χ2n) is 3.19. The molecule has 0 unspecified atom stereocenters. The lowest BCUT2D eigenvalue weighted by Gasteiger charge is -2.03. The minimum Gasteiger partial charge on any atom is -0.144 e. The second-order valence-corrected chi connectivity index (χ2v) is 4.18. The van der Waals surface area contributed by atoms with Gasteiger partial charge in [0, 0.05) is 5.75 Å². The van der Waals surface area contributed by atoms with Crippen molar-refractivity contribution in [2.75, 3.05) is 5.75 Å². The third-order valence-electron chi connectivity index (χ3n) is 1.74. The first-order chi connectivity index (χ1) is 6.22. The summed E-state index contributed by atoms with van der Waals surface area (Å²) in [7, 11) is 0. The van der Waals surface area contributed by atoms with Gasteiger partial charge in [-0.1, -0.05) is 35.2 Å². The number of rotatable bonds is 3. The molecule has 0 bridgehead atoms. The summed E-state index contributed by atoms with van der Waals surface area (Å²) < 4.78 is 0. The molecule has 0 atom stereocenters. The first kappa shape index (κ1) is 10.2. The molecule has 0 heterocycles. The topological polar surface area (TPSA) is 0 Å². The monoisotopic (exact) mass is 190 g/mol. The van der Waals surface area contributed by atoms with Crippen LogP contribution in [0.4, 0.5) is 0 Å². The Balaban J connectivity index is 2.62. The van der Waals surface area contributed by atoms with Crippen LogP contribution in [0, 0.1) is 26.2 Å². The number of hydrogen-bond donors (Lipinski definition) is 0. The van der Waals surface area contributed by atoms with Crippen LogP contribution in [-0.4, -0.2) is 5.75 Å². The zero-order valence-corrected chi connectivity index (χ0v) is 8.95. The zero-order valence-electron chi connectivity index (χ0n) is 8.13. The molecule has 1 aromatic carbocycles. The zero-order chi connectivity index (χ0) is 9.68. The molecule has 68 valence electrons. The Morgan fingerprint density at radius 3 is 2.38 bits per heavy atom. The van der Waals surface area contributed by atoms with Gasteiger partial charge in [0.15, 0.2) is 0 Å². The molecule has 0 amide bonds. The maximum Gasteiger partial charge on any atom is 0.0548 e. The van der Waals surface area contributed by atoms with Crippen LogP contribution >= 0.6 is 11.8 Å². The number of benzene rings is 1. The maximum absolute atomic E-state index is 5.18. The second kappa shape index (κ2) is 4.99. The van der Waals surface area contributed by atoms with Crippen molar-refractivity contribution in [2.45, 2.75) is 19.6 Å². The highest BCUT2D eigenvalue weighted by atomic mass is 32.2. The van der Waals surface area contributed by atoms with Crippen molar-refractivity contribution in [3.63, 3.8) is 0 Å². The molecule has 0 saturated heterocycles. The lowest BCUT2D eigenvalue weighted by Crippen LogP contribution is -1.85. The van der Waals surface area contributed by atoms with E-state index in [4.69, 9.17) is 6.42 Å². The van der Waals surface area contributed by atoms with Crippen molar-refractivity contribution < 1.29 is 0 Å². The van der Waals surface area contributed by atoms with Crippen molar-refractivity contribution in [3.8, 4) is 12.3 Å². The molecule has 0 spiro atoms. The predicted octanol–water partition coefficient (Wildman–Crippen LogP) is 3.17. The molecule has 0 radical (unpaired) electrons. The Morgan fingerprint density at radius 1 is 1.23 bits per heavy atom. The van der Waals surface area contributed by atoms with E-state index in [2.05, 4.69) is 38.0 Å². The van der Waals surface area contributed by atoms with E-state index < -0.39 is 0 Å². The van der Waals surface area contributed by atoms with Gasteiger partial charge in [0.25, 0.3) is 0 Å². The smallest absolute Gasteiger partial charge is 0.0548 e. The van der Waals surface area contributed by atoms with Gasteiger partial charge in [0.2, 0.25) is 0 Å². The van der Waals surface area contributed by atoms with Crippen molar-refractivity contribution in [2.24, 2.45) is 0 Å². The van der Waals surface area contributed by atoms with E-state index in [9.17, 15) is 0 Å². The van der Waals surface area contributed by atoms with Gasteiger partial charge in [-0.2, -0.15) is 0 Å². The lowest BCUT2D eigenvalue weighted by molar-refractivity contribution is 1.30. The molecule has 1 rings (SSSR count). The van der Waals surface area contributed by atoms with Crippen molar-refractivity contribution in [1.29, 1.82) is 0 Å². The molecule has 13 heavy (non-hydrogen) atoms. The number of aryl methyl sites for hydroxylation is 2. The van der Waals surface area contributed by atoms with Gasteiger partial charge in [-0.25, -0.2) is 0 Å². The number of thioether (sulfide) groups is 1. The Morgan fingerprint density at radius 2 is 1.85 bits per heavy atom. The first-order valence-electron chi connectivity index (χ1n) is 4.31. The molecule has 1 heteroatoms. The standard InChI is InChI=1S/C12H14S/c1-4-5-13-9-12-7-10(2)6-11(3)8-12/h1,6-8H,5,9H2,2-3H3. The summed E-state index contributed by atoms with van der Waals surface area (Å²) >= 11 is 1.79. The molecule has 0 aliphatic carbocycles. The number of terminal acetylenes is 1. The summed E-state index contributed by atoms with van der Waals surface area (Å²) in [5.74, 6) is 4.45. The SMILES string of the molecule is C#CCSCc1cc(C)cc(C)c1. The third kappa shape index (κ3) is 3.57. The van der Waals surface area contributed by atoms with Gasteiger partial charge in [-0.15, -0.1) is 18.2 Å². The fourth-order valence-corrected chi connectivity index (χ4v) is 2.00. The molecule has 1 aromatic rings. The molecular weight excluding hydrogens is 176 g/mol. The van der Waals surface area contributed by atoms with Gasteiger partial charge in [-0.3, -0.25) is 0 Å². The fourth-order valence-electron chi connectivity index (χ4n) is 1.38. The van der Waals surface area contributed by atoms with Crippen LogP contribution < -0.4 is 0 Å². The van der Waals surface area contributed by atoms with Crippen LogP contribution in [0.2, 0.25) is 0 Å². The molecule has 0 aliphatic rings. The van der Waals surface area contributed by atoms with Crippen LogP contribution in [0.25, 0.3) is 0 Å². The van der Waals surface area contributed by atoms with E-state index in [1.54, 1.807) is 11.8 Å². The highest BCUT2D eigenvalue weighted by molar-refractivity contribution is 7.98. The van der Waals surface area contributed by atoms with Crippen molar-refractivity contribution in [3.05, 3.63) is 34.9 Å². The van der Waals surface area contributed by atoms with Crippen molar-refractivity contribution >= 4 is 11.8 Å². The number of hydrogen-bond acceptors (Lipinski definition) is 1. The summed E-state index contributed by atoms with van der Waals surface area (Å²) in [5, 5.41) is 0. The molecule has 0 fully saturated rings. The van der Waals surface area contributed by atoms with Gasteiger partial charge >= 0.3 is 0 Å². The quantitative estimate of drug-likeness (QED) is 0.521. The molecule has 0 aromatic heterocycles. The summed E-state index contributed by atoms with van der Waals surface area (Å²) in [6.07, 6.45) is 5.18. The van der Waals surface area contributed by atoms with E-state index in [-0.39, 0.29) is 0 Å². The van der Waals surface area contributed by atoms with Crippen LogP contribution in [0.3, 0.4) is 0 Å². The van der Waals surface area contributed by atoms with Gasteiger partial charge in [-0.05, 0) is 19.4 Å². The Hall–Kier alpha value is -0.870. The Labute approximate surface area is 84.7 Å². The van der Waals surface area contributed by atoms with E-state index in [1.165, 1.54) is 16.7 Å². The van der Waals surface area contributed by atoms with Crippen LogP contribution in [0.15, 0.2) is 18.2 Å². The van der Waals surface area contributed by atoms with Crippen LogP contribution in [0.5, 0.6) is 0 Å². The lowest BCUT2D eigenvalue weighted by atomic mass is 10.1. The molecule has 0 aliphatic heterocycles. The van der Waals surface area contributed by atoms with E-state index in [1.807, 2.05) is 0 Å². The Bertz CT molecular complexity index is 300. The van der Waals surface area contributed by atoms with Gasteiger partial charge < -0.3 is 0 Å². The minimum atomic E-state index is 0.799.